The van der Waals surface area contributed by atoms with Crippen molar-refractivity contribution in [1.82, 2.24) is 0 Å². The molecule has 0 aliphatic heterocycles. The second-order valence-electron chi connectivity index (χ2n) is 3.46. The van der Waals surface area contributed by atoms with Crippen LogP contribution in [-0.2, 0) is 4.57 Å². The van der Waals surface area contributed by atoms with E-state index in [0.717, 1.165) is 25.7 Å². The van der Waals surface area contributed by atoms with Crippen LogP contribution in [0.1, 0.15) is 32.1 Å². The summed E-state index contributed by atoms with van der Waals surface area (Å²) in [6.45, 7) is 0. The van der Waals surface area contributed by atoms with E-state index in [0.29, 0.717) is 12.0 Å². The zero-order chi connectivity index (χ0) is 9.03. The van der Waals surface area contributed by atoms with Gasteiger partial charge in [-0.2, -0.15) is 0 Å². The molecule has 1 unspecified atom stereocenters. The van der Waals surface area contributed by atoms with Gasteiger partial charge >= 0.3 is 0 Å². The van der Waals surface area contributed by atoms with E-state index in [1.165, 1.54) is 6.42 Å². The van der Waals surface area contributed by atoms with Crippen LogP contribution in [0.25, 0.3) is 0 Å². The highest BCUT2D eigenvalue weighted by Crippen LogP contribution is 2.51. The van der Waals surface area contributed by atoms with Crippen molar-refractivity contribution in [3.8, 4) is 0 Å². The van der Waals surface area contributed by atoms with Gasteiger partial charge in [0, 0.05) is 17.7 Å². The van der Waals surface area contributed by atoms with Gasteiger partial charge in [-0.25, -0.2) is 0 Å². The van der Waals surface area contributed by atoms with Crippen LogP contribution in [0.3, 0.4) is 0 Å². The molecule has 0 radical (unpaired) electrons. The lowest BCUT2D eigenvalue weighted by Gasteiger charge is -2.25. The van der Waals surface area contributed by atoms with E-state index in [-0.39, 0.29) is 5.66 Å². The van der Waals surface area contributed by atoms with Crippen LogP contribution in [-0.4, -0.2) is 22.6 Å². The first kappa shape index (κ1) is 10.6. The number of rotatable bonds is 3. The molecule has 0 saturated heterocycles. The minimum Gasteiger partial charge on any atom is -0.344 e. The fourth-order valence-electron chi connectivity index (χ4n) is 1.79. The maximum Gasteiger partial charge on any atom is 0.204 e. The summed E-state index contributed by atoms with van der Waals surface area (Å²) in [6, 6.07) is 0. The van der Waals surface area contributed by atoms with E-state index in [4.69, 9.17) is 11.6 Å². The van der Waals surface area contributed by atoms with Crippen LogP contribution >= 0.6 is 19.0 Å². The van der Waals surface area contributed by atoms with Gasteiger partial charge in [0.15, 0.2) is 0 Å². The van der Waals surface area contributed by atoms with E-state index >= 15 is 0 Å². The fourth-order valence-corrected chi connectivity index (χ4v) is 4.29. The third kappa shape index (κ3) is 2.76. The maximum absolute atomic E-state index is 11.6. The Bertz CT molecular complexity index is 178. The van der Waals surface area contributed by atoms with Crippen molar-refractivity contribution >= 4 is 19.0 Å². The van der Waals surface area contributed by atoms with Crippen LogP contribution in [0.15, 0.2) is 0 Å². The Labute approximate surface area is 78.8 Å². The highest BCUT2D eigenvalue weighted by Gasteiger charge is 2.30. The Morgan fingerprint density at radius 2 is 1.92 bits per heavy atom. The van der Waals surface area contributed by atoms with E-state index in [2.05, 4.69) is 0 Å². The molecule has 0 spiro atoms. The zero-order valence-corrected chi connectivity index (χ0v) is 8.86. The molecule has 1 atom stereocenters. The molecule has 0 amide bonds. The average Bonchev–Trinajstić information content (AvgIpc) is 2.06. The molecule has 0 aromatic carbocycles. The fraction of sp³-hybridized carbons (Fsp3) is 1.00. The lowest BCUT2D eigenvalue weighted by atomic mass is 10.0. The second-order valence-corrected chi connectivity index (χ2v) is 6.53. The molecule has 1 rings (SSSR count). The minimum absolute atomic E-state index is 0.0463. The summed E-state index contributed by atoms with van der Waals surface area (Å²) in [7, 11) is -2.90. The SMILES string of the molecule is O=P(O)(CCCl)C1CCCCC1. The Morgan fingerprint density at radius 1 is 1.33 bits per heavy atom. The second kappa shape index (κ2) is 4.64. The smallest absolute Gasteiger partial charge is 0.204 e. The minimum atomic E-state index is -2.90. The lowest BCUT2D eigenvalue weighted by Crippen LogP contribution is -2.15. The quantitative estimate of drug-likeness (QED) is 0.575. The van der Waals surface area contributed by atoms with Crippen LogP contribution in [0.4, 0.5) is 0 Å². The highest BCUT2D eigenvalue weighted by atomic mass is 35.5. The molecule has 1 aliphatic rings. The van der Waals surface area contributed by atoms with E-state index in [1.54, 1.807) is 0 Å². The van der Waals surface area contributed by atoms with Crippen LogP contribution in [0.2, 0.25) is 0 Å². The number of alkyl halides is 1. The van der Waals surface area contributed by atoms with Crippen molar-refractivity contribution in [2.24, 2.45) is 0 Å². The van der Waals surface area contributed by atoms with Gasteiger partial charge in [0.25, 0.3) is 0 Å². The average molecular weight is 211 g/mol. The van der Waals surface area contributed by atoms with Crippen molar-refractivity contribution in [2.45, 2.75) is 37.8 Å². The van der Waals surface area contributed by atoms with Gasteiger partial charge in [-0.1, -0.05) is 19.3 Å². The first-order chi connectivity index (χ1) is 5.67. The molecule has 0 aromatic heterocycles. The van der Waals surface area contributed by atoms with E-state index < -0.39 is 7.37 Å². The van der Waals surface area contributed by atoms with E-state index in [9.17, 15) is 9.46 Å². The predicted octanol–water partition coefficient (Wildman–Crippen LogP) is 2.83. The normalized spacial score (nSPS) is 25.2. The molecule has 0 heterocycles. The van der Waals surface area contributed by atoms with Gasteiger partial charge in [-0.15, -0.1) is 11.6 Å². The van der Waals surface area contributed by atoms with E-state index in [1.807, 2.05) is 0 Å². The molecule has 72 valence electrons. The van der Waals surface area contributed by atoms with Crippen LogP contribution < -0.4 is 0 Å². The number of halogens is 1. The Kier molecular flexibility index (Phi) is 4.09. The van der Waals surface area contributed by atoms with Crippen LogP contribution in [0, 0.1) is 0 Å². The molecule has 1 saturated carbocycles. The Hall–Kier alpha value is 0.480. The third-order valence-electron chi connectivity index (χ3n) is 2.55. The van der Waals surface area contributed by atoms with Gasteiger partial charge in [-0.3, -0.25) is 4.57 Å². The van der Waals surface area contributed by atoms with Crippen molar-refractivity contribution in [3.05, 3.63) is 0 Å². The molecule has 12 heavy (non-hydrogen) atoms. The first-order valence-corrected chi connectivity index (χ1v) is 6.99. The summed E-state index contributed by atoms with van der Waals surface area (Å²) in [6.07, 6.45) is 5.57. The predicted molar refractivity (Wildman–Crippen MR) is 52.3 cm³/mol. The molecule has 1 N–H and O–H groups in total. The third-order valence-corrected chi connectivity index (χ3v) is 5.52. The van der Waals surface area contributed by atoms with Crippen molar-refractivity contribution in [3.63, 3.8) is 0 Å². The monoisotopic (exact) mass is 210 g/mol. The topological polar surface area (TPSA) is 37.3 Å². The molecular formula is C8H16ClO2P. The molecule has 1 fully saturated rings. The van der Waals surface area contributed by atoms with Gasteiger partial charge in [0.2, 0.25) is 7.37 Å². The van der Waals surface area contributed by atoms with Gasteiger partial charge < -0.3 is 4.89 Å². The van der Waals surface area contributed by atoms with Crippen LogP contribution in [0.5, 0.6) is 0 Å². The summed E-state index contributed by atoms with van der Waals surface area (Å²) in [5.41, 5.74) is 0.0463. The molecule has 0 bridgehead atoms. The van der Waals surface area contributed by atoms with Crippen molar-refractivity contribution in [2.75, 3.05) is 12.0 Å². The van der Waals surface area contributed by atoms with Crippen molar-refractivity contribution < 1.29 is 9.46 Å². The first-order valence-electron chi connectivity index (χ1n) is 4.54. The lowest BCUT2D eigenvalue weighted by molar-refractivity contribution is 0.423. The molecule has 1 aliphatic carbocycles. The molecular weight excluding hydrogens is 195 g/mol. The zero-order valence-electron chi connectivity index (χ0n) is 7.21. The Balaban J connectivity index is 2.48. The molecule has 2 nitrogen and oxygen atoms in total. The highest BCUT2D eigenvalue weighted by molar-refractivity contribution is 7.58. The van der Waals surface area contributed by atoms with Gasteiger partial charge in [0.05, 0.1) is 0 Å². The van der Waals surface area contributed by atoms with Gasteiger partial charge in [0.1, 0.15) is 0 Å². The summed E-state index contributed by atoms with van der Waals surface area (Å²) >= 11 is 5.47. The summed E-state index contributed by atoms with van der Waals surface area (Å²) in [5.74, 6) is 0.310. The van der Waals surface area contributed by atoms with Crippen molar-refractivity contribution in [1.29, 1.82) is 0 Å². The standard InChI is InChI=1S/C8H16ClO2P/c9-6-7-12(10,11)8-4-2-1-3-5-8/h8H,1-7H2,(H,10,11). The summed E-state index contributed by atoms with van der Waals surface area (Å²) in [5, 5.41) is 0. The Morgan fingerprint density at radius 3 is 2.42 bits per heavy atom. The largest absolute Gasteiger partial charge is 0.344 e. The molecule has 4 heteroatoms. The molecule has 0 aromatic rings. The van der Waals surface area contributed by atoms with Gasteiger partial charge in [-0.05, 0) is 12.8 Å². The maximum atomic E-state index is 11.6. The number of hydrogen-bond donors (Lipinski definition) is 1. The summed E-state index contributed by atoms with van der Waals surface area (Å²) < 4.78 is 11.6. The number of hydrogen-bond acceptors (Lipinski definition) is 1. The summed E-state index contributed by atoms with van der Waals surface area (Å²) in [4.78, 5) is 9.61.